The summed E-state index contributed by atoms with van der Waals surface area (Å²) in [5.74, 6) is 0.526. The van der Waals surface area contributed by atoms with Crippen LogP contribution in [0.5, 0.6) is 5.75 Å². The fourth-order valence-corrected chi connectivity index (χ4v) is 4.24. The molecule has 0 bridgehead atoms. The van der Waals surface area contributed by atoms with E-state index in [1.165, 1.54) is 11.3 Å². The average Bonchev–Trinajstić information content (AvgIpc) is 3.34. The standard InChI is InChI=1S/C24H24N2O3S/c27-23(19-8-4-14-26(16-19)24(28)22-9-5-15-30-22)25-20-10-12-21(13-11-20)29-17-18-6-2-1-3-7-18/h1-3,5-7,9-13,15,19H,4,8,14,16-17H2,(H,25,27). The number of ether oxygens (including phenoxy) is 1. The predicted molar refractivity (Wildman–Crippen MR) is 119 cm³/mol. The minimum absolute atomic E-state index is 0.0161. The zero-order valence-electron chi connectivity index (χ0n) is 16.6. The molecule has 2 heterocycles. The van der Waals surface area contributed by atoms with E-state index in [-0.39, 0.29) is 17.7 Å². The second-order valence-corrected chi connectivity index (χ2v) is 8.30. The molecule has 6 heteroatoms. The Labute approximate surface area is 180 Å². The van der Waals surface area contributed by atoms with Crippen LogP contribution in [0.15, 0.2) is 72.1 Å². The molecule has 154 valence electrons. The zero-order valence-corrected chi connectivity index (χ0v) is 17.4. The van der Waals surface area contributed by atoms with Crippen molar-refractivity contribution in [3.8, 4) is 5.75 Å². The topological polar surface area (TPSA) is 58.6 Å². The summed E-state index contributed by atoms with van der Waals surface area (Å²) < 4.78 is 5.79. The van der Waals surface area contributed by atoms with E-state index in [2.05, 4.69) is 5.32 Å². The molecule has 1 unspecified atom stereocenters. The van der Waals surface area contributed by atoms with Crippen LogP contribution in [-0.4, -0.2) is 29.8 Å². The molecule has 30 heavy (non-hydrogen) atoms. The van der Waals surface area contributed by atoms with Gasteiger partial charge in [0.1, 0.15) is 12.4 Å². The van der Waals surface area contributed by atoms with Crippen molar-refractivity contribution in [3.05, 3.63) is 82.6 Å². The summed E-state index contributed by atoms with van der Waals surface area (Å²) in [7, 11) is 0. The van der Waals surface area contributed by atoms with Gasteiger partial charge in [-0.05, 0) is 54.1 Å². The van der Waals surface area contributed by atoms with E-state index in [0.29, 0.717) is 19.7 Å². The van der Waals surface area contributed by atoms with E-state index in [1.807, 2.05) is 72.1 Å². The molecule has 0 aliphatic carbocycles. The van der Waals surface area contributed by atoms with Crippen LogP contribution < -0.4 is 10.1 Å². The van der Waals surface area contributed by atoms with Crippen molar-refractivity contribution in [2.24, 2.45) is 5.92 Å². The Balaban J connectivity index is 1.30. The molecule has 0 radical (unpaired) electrons. The quantitative estimate of drug-likeness (QED) is 0.622. The first-order valence-corrected chi connectivity index (χ1v) is 11.0. The van der Waals surface area contributed by atoms with Gasteiger partial charge in [0.05, 0.1) is 10.8 Å². The summed E-state index contributed by atoms with van der Waals surface area (Å²) >= 11 is 1.44. The number of anilines is 1. The molecule has 1 fully saturated rings. The fourth-order valence-electron chi connectivity index (χ4n) is 3.55. The molecule has 2 amide bonds. The van der Waals surface area contributed by atoms with Gasteiger partial charge < -0.3 is 15.0 Å². The SMILES string of the molecule is O=C(Nc1ccc(OCc2ccccc2)cc1)C1CCCN(C(=O)c2cccs2)C1. The molecule has 1 atom stereocenters. The number of carbonyl (C=O) groups is 2. The van der Waals surface area contributed by atoms with Gasteiger partial charge in [0.25, 0.3) is 5.91 Å². The Morgan fingerprint density at radius 1 is 1.03 bits per heavy atom. The Morgan fingerprint density at radius 3 is 2.57 bits per heavy atom. The van der Waals surface area contributed by atoms with E-state index in [9.17, 15) is 9.59 Å². The van der Waals surface area contributed by atoms with E-state index in [0.717, 1.165) is 34.7 Å². The van der Waals surface area contributed by atoms with Gasteiger partial charge in [-0.15, -0.1) is 11.3 Å². The van der Waals surface area contributed by atoms with Gasteiger partial charge in [0.15, 0.2) is 0 Å². The van der Waals surface area contributed by atoms with Crippen LogP contribution >= 0.6 is 11.3 Å². The number of likely N-dealkylation sites (tertiary alicyclic amines) is 1. The molecule has 1 aliphatic heterocycles. The van der Waals surface area contributed by atoms with Crippen molar-refractivity contribution >= 4 is 28.8 Å². The molecule has 1 N–H and O–H groups in total. The summed E-state index contributed by atoms with van der Waals surface area (Å²) in [6.07, 6.45) is 1.62. The van der Waals surface area contributed by atoms with Gasteiger partial charge in [0.2, 0.25) is 5.91 Å². The lowest BCUT2D eigenvalue weighted by Crippen LogP contribution is -2.43. The highest BCUT2D eigenvalue weighted by Gasteiger charge is 2.29. The van der Waals surface area contributed by atoms with Gasteiger partial charge >= 0.3 is 0 Å². The van der Waals surface area contributed by atoms with E-state index in [4.69, 9.17) is 4.74 Å². The van der Waals surface area contributed by atoms with Crippen LogP contribution in [0, 0.1) is 5.92 Å². The number of thiophene rings is 1. The summed E-state index contributed by atoms with van der Waals surface area (Å²) in [4.78, 5) is 27.8. The minimum atomic E-state index is -0.198. The molecule has 3 aromatic rings. The minimum Gasteiger partial charge on any atom is -0.489 e. The second kappa shape index (κ2) is 9.59. The number of amides is 2. The largest absolute Gasteiger partial charge is 0.489 e. The normalized spacial score (nSPS) is 16.1. The Hall–Kier alpha value is -3.12. The smallest absolute Gasteiger partial charge is 0.263 e. The van der Waals surface area contributed by atoms with Gasteiger partial charge in [-0.3, -0.25) is 9.59 Å². The van der Waals surface area contributed by atoms with Gasteiger partial charge in [-0.1, -0.05) is 36.4 Å². The van der Waals surface area contributed by atoms with Gasteiger partial charge in [-0.2, -0.15) is 0 Å². The first-order chi connectivity index (χ1) is 14.7. The molecule has 1 aliphatic rings. The van der Waals surface area contributed by atoms with Crippen molar-refractivity contribution in [3.63, 3.8) is 0 Å². The number of nitrogens with one attached hydrogen (secondary N) is 1. The van der Waals surface area contributed by atoms with Gasteiger partial charge in [-0.25, -0.2) is 0 Å². The first kappa shape index (κ1) is 20.2. The van der Waals surface area contributed by atoms with Crippen molar-refractivity contribution in [1.82, 2.24) is 4.90 Å². The van der Waals surface area contributed by atoms with Gasteiger partial charge in [0, 0.05) is 18.8 Å². The molecular weight excluding hydrogens is 396 g/mol. The maximum atomic E-state index is 12.7. The highest BCUT2D eigenvalue weighted by Crippen LogP contribution is 2.23. The van der Waals surface area contributed by atoms with E-state index in [1.54, 1.807) is 4.90 Å². The highest BCUT2D eigenvalue weighted by atomic mass is 32.1. The number of nitrogens with zero attached hydrogens (tertiary/aromatic N) is 1. The molecule has 0 spiro atoms. The van der Waals surface area contributed by atoms with Crippen LogP contribution in [-0.2, 0) is 11.4 Å². The number of hydrogen-bond acceptors (Lipinski definition) is 4. The maximum Gasteiger partial charge on any atom is 0.263 e. The van der Waals surface area contributed by atoms with E-state index >= 15 is 0 Å². The Bertz CT molecular complexity index is 971. The van der Waals surface area contributed by atoms with Crippen LogP contribution in [0.4, 0.5) is 5.69 Å². The lowest BCUT2D eigenvalue weighted by molar-refractivity contribution is -0.121. The maximum absolute atomic E-state index is 12.7. The van der Waals surface area contributed by atoms with Crippen LogP contribution in [0.3, 0.4) is 0 Å². The molecule has 1 saturated heterocycles. The fraction of sp³-hybridized carbons (Fsp3) is 0.250. The van der Waals surface area contributed by atoms with Crippen molar-refractivity contribution in [2.75, 3.05) is 18.4 Å². The Kier molecular flexibility index (Phi) is 6.44. The van der Waals surface area contributed by atoms with Crippen molar-refractivity contribution in [2.45, 2.75) is 19.4 Å². The third-order valence-corrected chi connectivity index (χ3v) is 6.04. The third-order valence-electron chi connectivity index (χ3n) is 5.18. The molecular formula is C24H24N2O3S. The number of carbonyl (C=O) groups excluding carboxylic acids is 2. The summed E-state index contributed by atoms with van der Waals surface area (Å²) in [6.45, 7) is 1.66. The van der Waals surface area contributed by atoms with Crippen molar-refractivity contribution < 1.29 is 14.3 Å². The van der Waals surface area contributed by atoms with Crippen LogP contribution in [0.1, 0.15) is 28.1 Å². The summed E-state index contributed by atoms with van der Waals surface area (Å²) in [5.41, 5.74) is 1.84. The number of hydrogen-bond donors (Lipinski definition) is 1. The molecule has 1 aromatic heterocycles. The van der Waals surface area contributed by atoms with Crippen LogP contribution in [0.2, 0.25) is 0 Å². The van der Waals surface area contributed by atoms with Crippen LogP contribution in [0.25, 0.3) is 0 Å². The number of benzene rings is 2. The average molecular weight is 421 g/mol. The molecule has 5 nitrogen and oxygen atoms in total. The Morgan fingerprint density at radius 2 is 1.83 bits per heavy atom. The monoisotopic (exact) mass is 420 g/mol. The number of rotatable bonds is 6. The molecule has 4 rings (SSSR count). The van der Waals surface area contributed by atoms with Crippen molar-refractivity contribution in [1.29, 1.82) is 0 Å². The zero-order chi connectivity index (χ0) is 20.8. The highest BCUT2D eigenvalue weighted by molar-refractivity contribution is 7.12. The lowest BCUT2D eigenvalue weighted by Gasteiger charge is -2.31. The molecule has 0 saturated carbocycles. The molecule has 2 aromatic carbocycles. The number of piperidine rings is 1. The second-order valence-electron chi connectivity index (χ2n) is 7.36. The lowest BCUT2D eigenvalue weighted by atomic mass is 9.97. The predicted octanol–water partition coefficient (Wildman–Crippen LogP) is 4.82. The summed E-state index contributed by atoms with van der Waals surface area (Å²) in [5, 5.41) is 4.87. The summed E-state index contributed by atoms with van der Waals surface area (Å²) in [6, 6.07) is 21.1. The first-order valence-electron chi connectivity index (χ1n) is 10.1. The third kappa shape index (κ3) is 5.07. The van der Waals surface area contributed by atoms with E-state index < -0.39 is 0 Å².